The lowest BCUT2D eigenvalue weighted by molar-refractivity contribution is 0.600. The van der Waals surface area contributed by atoms with Gasteiger partial charge >= 0.3 is 0 Å². The van der Waals surface area contributed by atoms with Crippen molar-refractivity contribution in [1.29, 1.82) is 0 Å². The number of rotatable bonds is 3. The van der Waals surface area contributed by atoms with E-state index in [1.165, 1.54) is 0 Å². The number of hydrogen-bond acceptors (Lipinski definition) is 2. The molecule has 0 atom stereocenters. The van der Waals surface area contributed by atoms with E-state index in [1.807, 2.05) is 13.0 Å². The molecule has 0 saturated heterocycles. The molecular formula is C13H10Br3NO2S. The summed E-state index contributed by atoms with van der Waals surface area (Å²) < 4.78 is 29.5. The van der Waals surface area contributed by atoms with Gasteiger partial charge in [0.15, 0.2) is 0 Å². The largest absolute Gasteiger partial charge is 0.280 e. The highest BCUT2D eigenvalue weighted by molar-refractivity contribution is 9.11. The maximum absolute atomic E-state index is 12.4. The van der Waals surface area contributed by atoms with Crippen LogP contribution in [-0.4, -0.2) is 8.42 Å². The van der Waals surface area contributed by atoms with Crippen LogP contribution in [0.25, 0.3) is 0 Å². The fourth-order valence-electron chi connectivity index (χ4n) is 1.60. The van der Waals surface area contributed by atoms with E-state index in [1.54, 1.807) is 30.3 Å². The van der Waals surface area contributed by atoms with Crippen LogP contribution in [0.5, 0.6) is 0 Å². The molecule has 0 aliphatic carbocycles. The lowest BCUT2D eigenvalue weighted by atomic mass is 10.2. The molecule has 20 heavy (non-hydrogen) atoms. The van der Waals surface area contributed by atoms with E-state index < -0.39 is 10.0 Å². The Hall–Kier alpha value is -0.370. The van der Waals surface area contributed by atoms with Gasteiger partial charge in [-0.25, -0.2) is 8.42 Å². The molecule has 3 nitrogen and oxygen atoms in total. The standard InChI is InChI=1S/C13H10Br3NO2S/c1-8-5-12(16)13(7-11(8)15)20(18,19)17-10-4-2-3-9(14)6-10/h2-7,17H,1H3. The van der Waals surface area contributed by atoms with Crippen LogP contribution in [0.4, 0.5) is 5.69 Å². The number of nitrogens with one attached hydrogen (secondary N) is 1. The number of aryl methyl sites for hydroxylation is 1. The Morgan fingerprint density at radius 1 is 1.00 bits per heavy atom. The van der Waals surface area contributed by atoms with Crippen LogP contribution >= 0.6 is 47.8 Å². The summed E-state index contributed by atoms with van der Waals surface area (Å²) >= 11 is 9.95. The Labute approximate surface area is 143 Å². The minimum atomic E-state index is -3.65. The molecule has 106 valence electrons. The lowest BCUT2D eigenvalue weighted by Crippen LogP contribution is -2.13. The highest BCUT2D eigenvalue weighted by atomic mass is 79.9. The molecule has 0 unspecified atom stereocenters. The molecule has 0 fully saturated rings. The van der Waals surface area contributed by atoms with Gasteiger partial charge in [0.25, 0.3) is 10.0 Å². The molecular weight excluding hydrogens is 474 g/mol. The van der Waals surface area contributed by atoms with Crippen LogP contribution in [0, 0.1) is 6.92 Å². The van der Waals surface area contributed by atoms with Gasteiger partial charge in [-0.05, 0) is 58.7 Å². The first-order valence-corrected chi connectivity index (χ1v) is 9.40. The minimum absolute atomic E-state index is 0.190. The average molecular weight is 484 g/mol. The average Bonchev–Trinajstić information content (AvgIpc) is 2.33. The van der Waals surface area contributed by atoms with Gasteiger partial charge in [-0.3, -0.25) is 4.72 Å². The summed E-state index contributed by atoms with van der Waals surface area (Å²) in [6.07, 6.45) is 0. The molecule has 2 aromatic rings. The van der Waals surface area contributed by atoms with E-state index in [2.05, 4.69) is 52.5 Å². The molecule has 0 bridgehead atoms. The van der Waals surface area contributed by atoms with Crippen LogP contribution in [-0.2, 0) is 10.0 Å². The summed E-state index contributed by atoms with van der Waals surface area (Å²) in [4.78, 5) is 0.190. The molecule has 2 rings (SSSR count). The molecule has 0 spiro atoms. The van der Waals surface area contributed by atoms with E-state index in [0.29, 0.717) is 10.2 Å². The van der Waals surface area contributed by atoms with Gasteiger partial charge in [-0.15, -0.1) is 0 Å². The Morgan fingerprint density at radius 2 is 1.70 bits per heavy atom. The molecule has 0 amide bonds. The van der Waals surface area contributed by atoms with Crippen LogP contribution in [0.1, 0.15) is 5.56 Å². The van der Waals surface area contributed by atoms with Crippen molar-refractivity contribution in [2.45, 2.75) is 11.8 Å². The summed E-state index contributed by atoms with van der Waals surface area (Å²) in [6, 6.07) is 10.3. The zero-order valence-electron chi connectivity index (χ0n) is 10.3. The van der Waals surface area contributed by atoms with Crippen molar-refractivity contribution in [3.05, 3.63) is 55.4 Å². The van der Waals surface area contributed by atoms with Gasteiger partial charge in [0, 0.05) is 19.1 Å². The molecule has 1 N–H and O–H groups in total. The van der Waals surface area contributed by atoms with Crippen molar-refractivity contribution in [1.82, 2.24) is 0 Å². The van der Waals surface area contributed by atoms with E-state index in [9.17, 15) is 8.42 Å². The lowest BCUT2D eigenvalue weighted by Gasteiger charge is -2.11. The first kappa shape index (κ1) is 16.0. The van der Waals surface area contributed by atoms with Crippen LogP contribution in [0.15, 0.2) is 54.7 Å². The van der Waals surface area contributed by atoms with Gasteiger partial charge < -0.3 is 0 Å². The summed E-state index contributed by atoms with van der Waals surface area (Å²) in [5.74, 6) is 0. The second-order valence-corrected chi connectivity index (χ2v) is 8.42. The van der Waals surface area contributed by atoms with Crippen LogP contribution in [0.2, 0.25) is 0 Å². The topological polar surface area (TPSA) is 46.2 Å². The summed E-state index contributed by atoms with van der Waals surface area (Å²) in [5.41, 5.74) is 1.46. The van der Waals surface area contributed by atoms with Crippen molar-refractivity contribution in [2.24, 2.45) is 0 Å². The van der Waals surface area contributed by atoms with Crippen molar-refractivity contribution >= 4 is 63.5 Å². The fourth-order valence-corrected chi connectivity index (χ4v) is 4.72. The number of hydrogen-bond donors (Lipinski definition) is 1. The third-order valence-electron chi connectivity index (χ3n) is 2.58. The van der Waals surface area contributed by atoms with Crippen molar-refractivity contribution in [3.63, 3.8) is 0 Å². The highest BCUT2D eigenvalue weighted by Gasteiger charge is 2.19. The minimum Gasteiger partial charge on any atom is -0.280 e. The van der Waals surface area contributed by atoms with E-state index >= 15 is 0 Å². The summed E-state index contributed by atoms with van der Waals surface area (Å²) in [5, 5.41) is 0. The third-order valence-corrected chi connectivity index (χ3v) is 6.27. The predicted molar refractivity (Wildman–Crippen MR) is 91.5 cm³/mol. The Kier molecular flexibility index (Phi) is 4.94. The Balaban J connectivity index is 2.43. The molecule has 7 heteroatoms. The Morgan fingerprint density at radius 3 is 2.35 bits per heavy atom. The first-order valence-electron chi connectivity index (χ1n) is 5.53. The first-order chi connectivity index (χ1) is 9.29. The smallest absolute Gasteiger partial charge is 0.263 e. The highest BCUT2D eigenvalue weighted by Crippen LogP contribution is 2.30. The maximum Gasteiger partial charge on any atom is 0.263 e. The number of sulfonamides is 1. The zero-order valence-corrected chi connectivity index (χ0v) is 15.9. The predicted octanol–water partition coefficient (Wildman–Crippen LogP) is 5.08. The maximum atomic E-state index is 12.4. The quantitative estimate of drug-likeness (QED) is 0.661. The number of benzene rings is 2. The van der Waals surface area contributed by atoms with Gasteiger partial charge in [0.05, 0.1) is 0 Å². The van der Waals surface area contributed by atoms with E-state index in [-0.39, 0.29) is 4.90 Å². The SMILES string of the molecule is Cc1cc(Br)c(S(=O)(=O)Nc2cccc(Br)c2)cc1Br. The van der Waals surface area contributed by atoms with Gasteiger partial charge in [0.2, 0.25) is 0 Å². The summed E-state index contributed by atoms with van der Waals surface area (Å²) in [6.45, 7) is 1.90. The molecule has 0 aliphatic rings. The zero-order chi connectivity index (χ0) is 14.9. The molecule has 0 aliphatic heterocycles. The number of anilines is 1. The van der Waals surface area contributed by atoms with Crippen LogP contribution in [0.3, 0.4) is 0 Å². The van der Waals surface area contributed by atoms with Gasteiger partial charge in [-0.1, -0.05) is 37.9 Å². The normalized spacial score (nSPS) is 11.4. The second kappa shape index (κ2) is 6.17. The van der Waals surface area contributed by atoms with Crippen molar-refractivity contribution < 1.29 is 8.42 Å². The molecule has 0 radical (unpaired) electrons. The van der Waals surface area contributed by atoms with Gasteiger partial charge in [0.1, 0.15) is 4.90 Å². The third kappa shape index (κ3) is 3.63. The Bertz CT molecular complexity index is 760. The summed E-state index contributed by atoms with van der Waals surface area (Å²) in [7, 11) is -3.65. The molecule has 0 saturated carbocycles. The second-order valence-electron chi connectivity index (χ2n) is 4.15. The van der Waals surface area contributed by atoms with Crippen molar-refractivity contribution in [3.8, 4) is 0 Å². The monoisotopic (exact) mass is 481 g/mol. The molecule has 0 aromatic heterocycles. The molecule has 2 aromatic carbocycles. The van der Waals surface area contributed by atoms with Gasteiger partial charge in [-0.2, -0.15) is 0 Å². The van der Waals surface area contributed by atoms with Crippen molar-refractivity contribution in [2.75, 3.05) is 4.72 Å². The molecule has 0 heterocycles. The number of halogens is 3. The van der Waals surface area contributed by atoms with E-state index in [0.717, 1.165) is 14.5 Å². The van der Waals surface area contributed by atoms with E-state index in [4.69, 9.17) is 0 Å². The fraction of sp³-hybridized carbons (Fsp3) is 0.0769. The van der Waals surface area contributed by atoms with Crippen LogP contribution < -0.4 is 4.72 Å².